The fourth-order valence-corrected chi connectivity index (χ4v) is 9.67. The van der Waals surface area contributed by atoms with Crippen LogP contribution in [-0.2, 0) is 14.4 Å². The number of thioether (sulfide) groups is 1. The summed E-state index contributed by atoms with van der Waals surface area (Å²) >= 11 is 5.36. The number of nitrogens with zero attached hydrogens (tertiary/aromatic N) is 1. The number of halogens is 1. The Morgan fingerprint density at radius 3 is 2.69 bits per heavy atom. The van der Waals surface area contributed by atoms with Crippen LogP contribution in [0.25, 0.3) is 10.8 Å². The largest absolute Gasteiger partial charge is 0.394 e. The van der Waals surface area contributed by atoms with Gasteiger partial charge in [-0.3, -0.25) is 14.4 Å². The summed E-state index contributed by atoms with van der Waals surface area (Å²) in [6.45, 7) is 4.03. The number of fused-ring (bicyclic) bond motifs is 2. The summed E-state index contributed by atoms with van der Waals surface area (Å²) in [4.78, 5) is 42.5. The lowest BCUT2D eigenvalue weighted by Gasteiger charge is -2.36. The number of benzene rings is 2. The topological polar surface area (TPSA) is 98.7 Å². The van der Waals surface area contributed by atoms with Crippen molar-refractivity contribution < 1.29 is 19.5 Å². The molecule has 3 fully saturated rings. The molecule has 3 N–H and O–H groups in total. The highest BCUT2D eigenvalue weighted by Gasteiger charge is 2.75. The smallest absolute Gasteiger partial charge is 0.248 e. The number of likely N-dealkylation sites (tertiary alicyclic amines) is 1. The lowest BCUT2D eigenvalue weighted by Crippen LogP contribution is -2.55. The maximum absolute atomic E-state index is 13.9. The molecule has 0 aromatic heterocycles. The van der Waals surface area contributed by atoms with E-state index in [0.717, 1.165) is 17.2 Å². The molecule has 5 rings (SSSR count). The number of anilines is 1. The van der Waals surface area contributed by atoms with Gasteiger partial charge in [-0.1, -0.05) is 53.2 Å². The Morgan fingerprint density at radius 1 is 1.23 bits per heavy atom. The fourth-order valence-electron chi connectivity index (χ4n) is 6.07. The van der Waals surface area contributed by atoms with Crippen molar-refractivity contribution in [2.75, 3.05) is 18.5 Å². The van der Waals surface area contributed by atoms with E-state index in [-0.39, 0.29) is 34.4 Å². The van der Waals surface area contributed by atoms with Crippen LogP contribution in [0.1, 0.15) is 26.7 Å². The summed E-state index contributed by atoms with van der Waals surface area (Å²) in [6.07, 6.45) is 1.42. The van der Waals surface area contributed by atoms with Gasteiger partial charge in [0.25, 0.3) is 0 Å². The summed E-state index contributed by atoms with van der Waals surface area (Å²) < 4.78 is -0.728. The molecule has 3 aliphatic rings. The van der Waals surface area contributed by atoms with Gasteiger partial charge in [0.15, 0.2) is 0 Å². The van der Waals surface area contributed by atoms with E-state index in [4.69, 9.17) is 0 Å². The highest BCUT2D eigenvalue weighted by atomic mass is 79.9. The van der Waals surface area contributed by atoms with Crippen LogP contribution in [-0.4, -0.2) is 67.8 Å². The van der Waals surface area contributed by atoms with Crippen LogP contribution < -0.4 is 10.6 Å². The van der Waals surface area contributed by atoms with Gasteiger partial charge in [0.1, 0.15) is 6.04 Å². The first kappa shape index (κ1) is 24.6. The first-order chi connectivity index (χ1) is 16.8. The molecule has 1 spiro atoms. The van der Waals surface area contributed by atoms with E-state index in [0.29, 0.717) is 18.7 Å². The van der Waals surface area contributed by atoms with Gasteiger partial charge in [-0.25, -0.2) is 0 Å². The molecule has 3 aliphatic heterocycles. The van der Waals surface area contributed by atoms with Crippen LogP contribution in [0.5, 0.6) is 0 Å². The molecule has 3 heterocycles. The van der Waals surface area contributed by atoms with Crippen molar-refractivity contribution in [2.24, 2.45) is 11.8 Å². The van der Waals surface area contributed by atoms with Crippen LogP contribution in [0.15, 0.2) is 42.5 Å². The van der Waals surface area contributed by atoms with Crippen molar-refractivity contribution in [3.05, 3.63) is 42.5 Å². The predicted molar refractivity (Wildman–Crippen MR) is 141 cm³/mol. The van der Waals surface area contributed by atoms with E-state index < -0.39 is 28.7 Å². The minimum absolute atomic E-state index is 0.0225. The van der Waals surface area contributed by atoms with E-state index in [9.17, 15) is 19.5 Å². The molecule has 3 saturated heterocycles. The molecule has 3 unspecified atom stereocenters. The molecule has 7 atom stereocenters. The third kappa shape index (κ3) is 3.86. The van der Waals surface area contributed by atoms with Gasteiger partial charge in [0, 0.05) is 22.3 Å². The monoisotopic (exact) mass is 559 g/mol. The number of nitrogens with one attached hydrogen (secondary N) is 2. The molecule has 35 heavy (non-hydrogen) atoms. The molecule has 0 saturated carbocycles. The number of alkyl halides is 1. The standard InChI is InChI=1S/C26H30BrN3O4S/c1-3-10-28-23(32)19-20-25(34)30(14(2)13-31)22(26(20)12-18(27)21(19)35-26)24(33)29-17-9-8-15-6-4-5-7-16(15)11-17/h4-9,11,14,18-22,31H,3,10,12-13H2,1-2H3,(H,28,32)(H,29,33)/t14-,18?,19+,20+,21+,22?,26?/m1/s1. The van der Waals surface area contributed by atoms with E-state index in [1.807, 2.05) is 49.4 Å². The minimum Gasteiger partial charge on any atom is -0.394 e. The molecule has 7 nitrogen and oxygen atoms in total. The van der Waals surface area contributed by atoms with Crippen molar-refractivity contribution in [1.82, 2.24) is 10.2 Å². The van der Waals surface area contributed by atoms with Gasteiger partial charge in [-0.05, 0) is 42.7 Å². The molecule has 2 aromatic rings. The van der Waals surface area contributed by atoms with E-state index in [1.165, 1.54) is 4.90 Å². The van der Waals surface area contributed by atoms with Gasteiger partial charge in [-0.15, -0.1) is 11.8 Å². The van der Waals surface area contributed by atoms with Crippen molar-refractivity contribution >= 4 is 61.9 Å². The summed E-state index contributed by atoms with van der Waals surface area (Å²) in [5.74, 6) is -1.72. The highest BCUT2D eigenvalue weighted by Crippen LogP contribution is 2.68. The van der Waals surface area contributed by atoms with E-state index in [2.05, 4.69) is 26.6 Å². The second kappa shape index (κ2) is 9.41. The van der Waals surface area contributed by atoms with Crippen molar-refractivity contribution in [2.45, 2.75) is 53.6 Å². The van der Waals surface area contributed by atoms with Crippen molar-refractivity contribution in [3.8, 4) is 0 Å². The fraction of sp³-hybridized carbons (Fsp3) is 0.500. The zero-order chi connectivity index (χ0) is 24.9. The molecular weight excluding hydrogens is 530 g/mol. The Balaban J connectivity index is 1.51. The first-order valence-electron chi connectivity index (χ1n) is 12.1. The molecule has 2 aromatic carbocycles. The molecule has 9 heteroatoms. The summed E-state index contributed by atoms with van der Waals surface area (Å²) in [5.41, 5.74) is 0.655. The Bertz CT molecular complexity index is 1180. The number of aliphatic hydroxyl groups is 1. The normalized spacial score (nSPS) is 32.1. The second-order valence-electron chi connectivity index (χ2n) is 9.78. The number of carbonyl (C=O) groups is 3. The zero-order valence-corrected chi connectivity index (χ0v) is 22.1. The van der Waals surface area contributed by atoms with E-state index >= 15 is 0 Å². The number of aliphatic hydroxyl groups excluding tert-OH is 1. The van der Waals surface area contributed by atoms with E-state index in [1.54, 1.807) is 18.7 Å². The molecule has 0 radical (unpaired) electrons. The van der Waals surface area contributed by atoms with Crippen molar-refractivity contribution in [1.29, 1.82) is 0 Å². The second-order valence-corrected chi connectivity index (χ2v) is 12.5. The Hall–Kier alpha value is -2.10. The first-order valence-corrected chi connectivity index (χ1v) is 13.9. The SMILES string of the molecule is CCCNC(=O)[C@H]1[C@H]2C(=O)N([C@H](C)CO)C(C(=O)Nc3ccc4ccccc4c3)C23CC(Br)[C@@H]1S3. The van der Waals surface area contributed by atoms with Gasteiger partial charge in [0.05, 0.1) is 29.2 Å². The number of carbonyl (C=O) groups excluding carboxylic acids is 3. The molecular formula is C26H30BrN3O4S. The van der Waals surface area contributed by atoms with Gasteiger partial charge in [0.2, 0.25) is 17.7 Å². The summed E-state index contributed by atoms with van der Waals surface area (Å²) in [7, 11) is 0. The third-order valence-corrected chi connectivity index (χ3v) is 10.8. The molecule has 186 valence electrons. The quantitative estimate of drug-likeness (QED) is 0.452. The zero-order valence-electron chi connectivity index (χ0n) is 19.7. The number of hydrogen-bond acceptors (Lipinski definition) is 5. The van der Waals surface area contributed by atoms with Crippen LogP contribution >= 0.6 is 27.7 Å². The maximum Gasteiger partial charge on any atom is 0.248 e. The van der Waals surface area contributed by atoms with Crippen molar-refractivity contribution in [3.63, 3.8) is 0 Å². The van der Waals surface area contributed by atoms with Crippen LogP contribution in [0, 0.1) is 11.8 Å². The summed E-state index contributed by atoms with van der Waals surface area (Å²) in [5, 5.41) is 18.0. The minimum atomic E-state index is -0.785. The molecule has 0 aliphatic carbocycles. The van der Waals surface area contributed by atoms with Crippen LogP contribution in [0.3, 0.4) is 0 Å². The highest BCUT2D eigenvalue weighted by molar-refractivity contribution is 9.09. The average Bonchev–Trinajstić information content (AvgIpc) is 3.45. The number of amides is 3. The number of hydrogen-bond donors (Lipinski definition) is 3. The lowest BCUT2D eigenvalue weighted by molar-refractivity contribution is -0.141. The molecule has 3 amide bonds. The predicted octanol–water partition coefficient (Wildman–Crippen LogP) is 3.15. The average molecular weight is 561 g/mol. The number of rotatable bonds is 7. The third-order valence-electron chi connectivity index (χ3n) is 7.58. The van der Waals surface area contributed by atoms with Crippen LogP contribution in [0.2, 0.25) is 0 Å². The maximum atomic E-state index is 13.9. The van der Waals surface area contributed by atoms with Gasteiger partial charge in [-0.2, -0.15) is 0 Å². The Kier molecular flexibility index (Phi) is 6.61. The van der Waals surface area contributed by atoms with Gasteiger partial charge < -0.3 is 20.6 Å². The Morgan fingerprint density at radius 2 is 1.97 bits per heavy atom. The Labute approximate surface area is 217 Å². The summed E-state index contributed by atoms with van der Waals surface area (Å²) in [6, 6.07) is 12.3. The van der Waals surface area contributed by atoms with Crippen LogP contribution in [0.4, 0.5) is 5.69 Å². The molecule has 2 bridgehead atoms. The van der Waals surface area contributed by atoms with Gasteiger partial charge >= 0.3 is 0 Å². The lowest BCUT2D eigenvalue weighted by atomic mass is 9.70.